The summed E-state index contributed by atoms with van der Waals surface area (Å²) in [5.41, 5.74) is 1.30. The van der Waals surface area contributed by atoms with Gasteiger partial charge < -0.3 is 4.74 Å². The van der Waals surface area contributed by atoms with Gasteiger partial charge in [0.1, 0.15) is 5.75 Å². The van der Waals surface area contributed by atoms with Crippen LogP contribution in [0.3, 0.4) is 0 Å². The van der Waals surface area contributed by atoms with Gasteiger partial charge in [0.05, 0.1) is 18.2 Å². The van der Waals surface area contributed by atoms with E-state index in [2.05, 4.69) is 10.3 Å². The van der Waals surface area contributed by atoms with Crippen LogP contribution in [0.15, 0.2) is 29.6 Å². The van der Waals surface area contributed by atoms with Crippen LogP contribution in [-0.4, -0.2) is 17.5 Å². The Bertz CT molecular complexity index is 586. The monoisotopic (exact) mass is 310 g/mol. The lowest BCUT2D eigenvalue weighted by Crippen LogP contribution is -2.12. The van der Waals surface area contributed by atoms with E-state index in [1.54, 1.807) is 18.2 Å². The van der Waals surface area contributed by atoms with Crippen molar-refractivity contribution in [2.24, 2.45) is 0 Å². The predicted molar refractivity (Wildman–Crippen MR) is 81.9 cm³/mol. The number of thiazole rings is 1. The number of aromatic nitrogens is 1. The third-order valence-corrected chi connectivity index (χ3v) is 3.56. The Kier molecular flexibility index (Phi) is 5.38. The molecule has 0 aliphatic carbocycles. The molecule has 20 heavy (non-hydrogen) atoms. The molecular weight excluding hydrogens is 296 g/mol. The maximum atomic E-state index is 12.1. The molecular formula is C14H15ClN2O2S. The number of benzene rings is 1. The van der Waals surface area contributed by atoms with Crippen LogP contribution in [-0.2, 0) is 5.88 Å². The number of amides is 1. The van der Waals surface area contributed by atoms with Crippen LogP contribution >= 0.6 is 22.9 Å². The van der Waals surface area contributed by atoms with Gasteiger partial charge in [-0.25, -0.2) is 4.98 Å². The van der Waals surface area contributed by atoms with Crippen molar-refractivity contribution >= 4 is 34.0 Å². The van der Waals surface area contributed by atoms with Crippen LogP contribution in [0.5, 0.6) is 5.75 Å². The van der Waals surface area contributed by atoms with Crippen molar-refractivity contribution in [1.29, 1.82) is 0 Å². The summed E-state index contributed by atoms with van der Waals surface area (Å²) in [5.74, 6) is 0.828. The SMILES string of the molecule is CCCOc1cccc(C(=O)Nc2nc(CCl)cs2)c1. The Morgan fingerprint density at radius 3 is 3.05 bits per heavy atom. The second-order valence-corrected chi connectivity index (χ2v) is 5.23. The first-order valence-electron chi connectivity index (χ1n) is 6.27. The topological polar surface area (TPSA) is 51.2 Å². The lowest BCUT2D eigenvalue weighted by molar-refractivity contribution is 0.102. The average molecular weight is 311 g/mol. The Morgan fingerprint density at radius 1 is 1.50 bits per heavy atom. The highest BCUT2D eigenvalue weighted by atomic mass is 35.5. The van der Waals surface area contributed by atoms with E-state index in [0.29, 0.717) is 28.9 Å². The molecule has 0 spiro atoms. The number of nitrogens with one attached hydrogen (secondary N) is 1. The van der Waals surface area contributed by atoms with Crippen LogP contribution in [0.2, 0.25) is 0 Å². The van der Waals surface area contributed by atoms with Gasteiger partial charge in [0.25, 0.3) is 5.91 Å². The molecule has 2 rings (SSSR count). The summed E-state index contributed by atoms with van der Waals surface area (Å²) in [6, 6.07) is 7.10. The second kappa shape index (κ2) is 7.26. The summed E-state index contributed by atoms with van der Waals surface area (Å²) in [4.78, 5) is 16.3. The third-order valence-electron chi connectivity index (χ3n) is 2.48. The van der Waals surface area contributed by atoms with Crippen LogP contribution in [0.25, 0.3) is 0 Å². The molecule has 0 saturated heterocycles. The molecule has 0 saturated carbocycles. The number of carbonyl (C=O) groups is 1. The molecule has 1 aromatic heterocycles. The van der Waals surface area contributed by atoms with E-state index in [0.717, 1.165) is 12.1 Å². The number of halogens is 1. The van der Waals surface area contributed by atoms with E-state index in [-0.39, 0.29) is 5.91 Å². The molecule has 0 aliphatic rings. The van der Waals surface area contributed by atoms with E-state index < -0.39 is 0 Å². The van der Waals surface area contributed by atoms with Crippen molar-refractivity contribution in [1.82, 2.24) is 4.98 Å². The third kappa shape index (κ3) is 3.95. The van der Waals surface area contributed by atoms with E-state index in [1.807, 2.05) is 18.4 Å². The first-order valence-corrected chi connectivity index (χ1v) is 7.69. The van der Waals surface area contributed by atoms with Crippen LogP contribution in [0.1, 0.15) is 29.4 Å². The van der Waals surface area contributed by atoms with Crippen molar-refractivity contribution in [3.05, 3.63) is 40.9 Å². The van der Waals surface area contributed by atoms with Gasteiger partial charge in [-0.2, -0.15) is 0 Å². The van der Waals surface area contributed by atoms with Crippen molar-refractivity contribution in [2.45, 2.75) is 19.2 Å². The lowest BCUT2D eigenvalue weighted by Gasteiger charge is -2.06. The van der Waals surface area contributed by atoms with Crippen molar-refractivity contribution in [3.63, 3.8) is 0 Å². The van der Waals surface area contributed by atoms with Gasteiger partial charge >= 0.3 is 0 Å². The zero-order valence-electron chi connectivity index (χ0n) is 11.1. The molecule has 0 atom stereocenters. The fraction of sp³-hybridized carbons (Fsp3) is 0.286. The zero-order chi connectivity index (χ0) is 14.4. The van der Waals surface area contributed by atoms with Crippen LogP contribution in [0, 0.1) is 0 Å². The van der Waals surface area contributed by atoms with Gasteiger partial charge in [0.15, 0.2) is 5.13 Å². The molecule has 2 aromatic rings. The molecule has 0 aliphatic heterocycles. The smallest absolute Gasteiger partial charge is 0.257 e. The number of ether oxygens (including phenoxy) is 1. The maximum Gasteiger partial charge on any atom is 0.257 e. The molecule has 6 heteroatoms. The van der Waals surface area contributed by atoms with Crippen molar-refractivity contribution in [2.75, 3.05) is 11.9 Å². The Hall–Kier alpha value is -1.59. The number of rotatable bonds is 6. The van der Waals surface area contributed by atoms with Gasteiger partial charge in [-0.1, -0.05) is 13.0 Å². The summed E-state index contributed by atoms with van der Waals surface area (Å²) < 4.78 is 5.51. The predicted octanol–water partition coefficient (Wildman–Crippen LogP) is 3.92. The minimum atomic E-state index is -0.206. The molecule has 4 nitrogen and oxygen atoms in total. The molecule has 1 N–H and O–H groups in total. The molecule has 0 radical (unpaired) electrons. The molecule has 1 heterocycles. The first kappa shape index (κ1) is 14.8. The number of hydrogen-bond donors (Lipinski definition) is 1. The minimum absolute atomic E-state index is 0.206. The second-order valence-electron chi connectivity index (χ2n) is 4.11. The Balaban J connectivity index is 2.04. The first-order chi connectivity index (χ1) is 9.72. The fourth-order valence-corrected chi connectivity index (χ4v) is 2.48. The number of carbonyl (C=O) groups excluding carboxylic acids is 1. The zero-order valence-corrected chi connectivity index (χ0v) is 12.6. The number of nitrogens with zero attached hydrogens (tertiary/aromatic N) is 1. The maximum absolute atomic E-state index is 12.1. The van der Waals surface area contributed by atoms with E-state index in [1.165, 1.54) is 11.3 Å². The van der Waals surface area contributed by atoms with E-state index in [4.69, 9.17) is 16.3 Å². The van der Waals surface area contributed by atoms with Gasteiger partial charge in [-0.05, 0) is 24.6 Å². The standard InChI is InChI=1S/C14H15ClN2O2S/c1-2-6-19-12-5-3-4-10(7-12)13(18)17-14-16-11(8-15)9-20-14/h3-5,7,9H,2,6,8H2,1H3,(H,16,17,18). The lowest BCUT2D eigenvalue weighted by atomic mass is 10.2. The number of hydrogen-bond acceptors (Lipinski definition) is 4. The molecule has 0 bridgehead atoms. The largest absolute Gasteiger partial charge is 0.494 e. The van der Waals surface area contributed by atoms with Gasteiger partial charge in [0, 0.05) is 10.9 Å². The average Bonchev–Trinajstić information content (AvgIpc) is 2.93. The van der Waals surface area contributed by atoms with E-state index in [9.17, 15) is 4.79 Å². The summed E-state index contributed by atoms with van der Waals surface area (Å²) in [5, 5.41) is 5.12. The molecule has 1 amide bonds. The molecule has 0 unspecified atom stereocenters. The van der Waals surface area contributed by atoms with E-state index >= 15 is 0 Å². The summed E-state index contributed by atoms with van der Waals surface area (Å²) in [7, 11) is 0. The quantitative estimate of drug-likeness (QED) is 0.823. The van der Waals surface area contributed by atoms with Gasteiger partial charge in [-0.3, -0.25) is 10.1 Å². The Labute approximate surface area is 126 Å². The normalized spacial score (nSPS) is 10.3. The highest BCUT2D eigenvalue weighted by molar-refractivity contribution is 7.14. The molecule has 0 fully saturated rings. The van der Waals surface area contributed by atoms with Crippen molar-refractivity contribution in [3.8, 4) is 5.75 Å². The number of anilines is 1. The Morgan fingerprint density at radius 2 is 2.35 bits per heavy atom. The highest BCUT2D eigenvalue weighted by Gasteiger charge is 2.09. The summed E-state index contributed by atoms with van der Waals surface area (Å²) in [6.45, 7) is 2.67. The van der Waals surface area contributed by atoms with Gasteiger partial charge in [0.2, 0.25) is 0 Å². The molecule has 1 aromatic carbocycles. The van der Waals surface area contributed by atoms with Crippen LogP contribution < -0.4 is 10.1 Å². The summed E-state index contributed by atoms with van der Waals surface area (Å²) >= 11 is 7.03. The summed E-state index contributed by atoms with van der Waals surface area (Å²) in [6.07, 6.45) is 0.927. The van der Waals surface area contributed by atoms with Crippen molar-refractivity contribution < 1.29 is 9.53 Å². The fourth-order valence-electron chi connectivity index (χ4n) is 1.54. The van der Waals surface area contributed by atoms with Crippen LogP contribution in [0.4, 0.5) is 5.13 Å². The van der Waals surface area contributed by atoms with Gasteiger partial charge in [-0.15, -0.1) is 22.9 Å². The molecule has 106 valence electrons. The minimum Gasteiger partial charge on any atom is -0.494 e. The highest BCUT2D eigenvalue weighted by Crippen LogP contribution is 2.19. The number of alkyl halides is 1.